The van der Waals surface area contributed by atoms with Crippen LogP contribution < -0.4 is 15.2 Å². The molecule has 0 saturated heterocycles. The summed E-state index contributed by atoms with van der Waals surface area (Å²) in [6.07, 6.45) is 0. The summed E-state index contributed by atoms with van der Waals surface area (Å²) < 4.78 is 6.72. The van der Waals surface area contributed by atoms with Crippen LogP contribution in [0.15, 0.2) is 53.3 Å². The van der Waals surface area contributed by atoms with Gasteiger partial charge in [-0.05, 0) is 39.0 Å². The molecule has 8 nitrogen and oxygen atoms in total. The molecule has 2 aromatic carbocycles. The molecule has 2 aromatic heterocycles. The van der Waals surface area contributed by atoms with Crippen LogP contribution in [0.1, 0.15) is 32.7 Å². The maximum atomic E-state index is 13.5. The third-order valence-corrected chi connectivity index (χ3v) is 5.27. The number of H-pyrrole nitrogens is 1. The van der Waals surface area contributed by atoms with Crippen LogP contribution >= 0.6 is 0 Å². The number of carbonyl (C=O) groups excluding carboxylic acids is 1. The van der Waals surface area contributed by atoms with Gasteiger partial charge in [0.25, 0.3) is 17.2 Å². The van der Waals surface area contributed by atoms with E-state index in [1.165, 1.54) is 9.42 Å². The normalized spacial score (nSPS) is 11.0. The zero-order chi connectivity index (χ0) is 22.1. The van der Waals surface area contributed by atoms with Crippen LogP contribution in [0, 0.1) is 20.8 Å². The van der Waals surface area contributed by atoms with Gasteiger partial charge in [-0.1, -0.05) is 35.9 Å². The largest absolute Gasteiger partial charge is 0.496 e. The second kappa shape index (κ2) is 8.06. The van der Waals surface area contributed by atoms with Crippen LogP contribution in [0.25, 0.3) is 5.78 Å². The molecular formula is C23H23N5O3. The summed E-state index contributed by atoms with van der Waals surface area (Å²) in [7, 11) is 1.58. The van der Waals surface area contributed by atoms with Crippen molar-refractivity contribution in [3.63, 3.8) is 0 Å². The lowest BCUT2D eigenvalue weighted by atomic mass is 10.1. The molecule has 0 radical (unpaired) electrons. The number of hydrogen-bond acceptors (Lipinski definition) is 5. The molecule has 0 saturated carbocycles. The van der Waals surface area contributed by atoms with E-state index in [1.807, 2.05) is 43.3 Å². The minimum Gasteiger partial charge on any atom is -0.496 e. The number of aromatic nitrogens is 4. The average Bonchev–Trinajstić information content (AvgIpc) is 3.20. The first-order valence-electron chi connectivity index (χ1n) is 9.85. The minimum absolute atomic E-state index is 0.198. The Morgan fingerprint density at radius 3 is 2.48 bits per heavy atom. The van der Waals surface area contributed by atoms with Gasteiger partial charge in [-0.25, -0.2) is 4.98 Å². The molecule has 0 atom stereocenters. The Balaban J connectivity index is 1.84. The monoisotopic (exact) mass is 417 g/mol. The van der Waals surface area contributed by atoms with Gasteiger partial charge in [-0.2, -0.15) is 9.50 Å². The van der Waals surface area contributed by atoms with Gasteiger partial charge >= 0.3 is 0 Å². The average molecular weight is 417 g/mol. The summed E-state index contributed by atoms with van der Waals surface area (Å²) in [5, 5.41) is 2.95. The summed E-state index contributed by atoms with van der Waals surface area (Å²) >= 11 is 0. The molecule has 1 amide bonds. The number of nitrogens with one attached hydrogen (secondary N) is 1. The van der Waals surface area contributed by atoms with Crippen molar-refractivity contribution in [1.82, 2.24) is 19.6 Å². The number of nitrogens with zero attached hydrogens (tertiary/aromatic N) is 4. The van der Waals surface area contributed by atoms with E-state index < -0.39 is 0 Å². The fourth-order valence-corrected chi connectivity index (χ4v) is 3.31. The molecule has 1 N–H and O–H groups in total. The molecule has 0 bridgehead atoms. The van der Waals surface area contributed by atoms with Crippen molar-refractivity contribution < 1.29 is 9.53 Å². The number of carbonyl (C=O) groups is 1. The molecule has 31 heavy (non-hydrogen) atoms. The van der Waals surface area contributed by atoms with Gasteiger partial charge in [-0.15, -0.1) is 0 Å². The number of methoxy groups -OCH3 is 1. The van der Waals surface area contributed by atoms with E-state index in [1.54, 1.807) is 33.1 Å². The second-order valence-corrected chi connectivity index (χ2v) is 7.38. The summed E-state index contributed by atoms with van der Waals surface area (Å²) in [4.78, 5) is 36.4. The van der Waals surface area contributed by atoms with Crippen molar-refractivity contribution in [3.05, 3.63) is 86.8 Å². The number of anilines is 1. The van der Waals surface area contributed by atoms with E-state index in [2.05, 4.69) is 15.1 Å². The minimum atomic E-state index is -0.258. The van der Waals surface area contributed by atoms with Crippen molar-refractivity contribution in [3.8, 4) is 5.75 Å². The topological polar surface area (TPSA) is 92.6 Å². The van der Waals surface area contributed by atoms with Crippen LogP contribution in [-0.2, 0) is 6.54 Å². The summed E-state index contributed by atoms with van der Waals surface area (Å²) in [6.45, 7) is 5.63. The highest BCUT2D eigenvalue weighted by atomic mass is 16.5. The fraction of sp³-hybridized carbons (Fsp3) is 0.217. The van der Waals surface area contributed by atoms with Crippen molar-refractivity contribution in [2.24, 2.45) is 0 Å². The smallest absolute Gasteiger partial charge is 0.277 e. The van der Waals surface area contributed by atoms with Crippen molar-refractivity contribution >= 4 is 17.6 Å². The highest BCUT2D eigenvalue weighted by molar-refractivity contribution is 6.05. The molecule has 2 heterocycles. The Kier molecular flexibility index (Phi) is 5.29. The van der Waals surface area contributed by atoms with Crippen molar-refractivity contribution in [1.29, 1.82) is 0 Å². The van der Waals surface area contributed by atoms with Crippen LogP contribution in [-0.4, -0.2) is 32.6 Å². The van der Waals surface area contributed by atoms with Gasteiger partial charge in [0.2, 0.25) is 5.95 Å². The summed E-state index contributed by atoms with van der Waals surface area (Å²) in [5.74, 6) is 0.838. The SMILES string of the molecule is COc1ccccc1CN(C(=O)c1ccc(C)cc1)c1nc2nc(C)c(C)c(=O)n2[nH]1. The summed E-state index contributed by atoms with van der Waals surface area (Å²) in [6, 6.07) is 14.8. The van der Waals surface area contributed by atoms with E-state index >= 15 is 0 Å². The third-order valence-electron chi connectivity index (χ3n) is 5.27. The lowest BCUT2D eigenvalue weighted by Crippen LogP contribution is -2.32. The number of aryl methyl sites for hydroxylation is 2. The van der Waals surface area contributed by atoms with E-state index in [-0.39, 0.29) is 29.7 Å². The van der Waals surface area contributed by atoms with E-state index in [4.69, 9.17) is 4.74 Å². The number of benzene rings is 2. The lowest BCUT2D eigenvalue weighted by Gasteiger charge is -2.21. The zero-order valence-electron chi connectivity index (χ0n) is 17.8. The zero-order valence-corrected chi connectivity index (χ0v) is 17.8. The number of aromatic amines is 1. The molecule has 8 heteroatoms. The Bertz CT molecular complexity index is 1320. The molecule has 0 spiro atoms. The Morgan fingerprint density at radius 1 is 1.06 bits per heavy atom. The number of rotatable bonds is 5. The molecule has 4 rings (SSSR count). The second-order valence-electron chi connectivity index (χ2n) is 7.38. The van der Waals surface area contributed by atoms with Gasteiger partial charge < -0.3 is 4.74 Å². The Hall–Kier alpha value is -3.94. The Morgan fingerprint density at radius 2 is 1.77 bits per heavy atom. The van der Waals surface area contributed by atoms with Crippen molar-refractivity contribution in [2.75, 3.05) is 12.0 Å². The number of ether oxygens (including phenoxy) is 1. The van der Waals surface area contributed by atoms with Crippen molar-refractivity contribution in [2.45, 2.75) is 27.3 Å². The molecule has 0 aliphatic heterocycles. The maximum Gasteiger partial charge on any atom is 0.277 e. The number of para-hydroxylation sites is 1. The van der Waals surface area contributed by atoms with Crippen LogP contribution in [0.2, 0.25) is 0 Å². The van der Waals surface area contributed by atoms with Gasteiger partial charge in [0.1, 0.15) is 5.75 Å². The molecule has 0 aliphatic rings. The maximum absolute atomic E-state index is 13.5. The Labute approximate surface area is 179 Å². The first kappa shape index (κ1) is 20.3. The summed E-state index contributed by atoms with van der Waals surface area (Å²) in [5.41, 5.74) is 3.24. The molecule has 0 fully saturated rings. The standard InChI is InChI=1S/C23H23N5O3/c1-14-9-11-17(12-10-14)21(30)27(13-18-7-5-6-8-19(18)31-4)23-25-22-24-16(3)15(2)20(29)28(22)26-23/h5-12H,13H2,1-4H3,(H,24,25,26). The quantitative estimate of drug-likeness (QED) is 0.538. The van der Waals surface area contributed by atoms with Crippen LogP contribution in [0.5, 0.6) is 5.75 Å². The van der Waals surface area contributed by atoms with E-state index in [0.717, 1.165) is 11.1 Å². The van der Waals surface area contributed by atoms with Gasteiger partial charge in [0.15, 0.2) is 0 Å². The number of hydrogen-bond donors (Lipinski definition) is 1. The van der Waals surface area contributed by atoms with Crippen LogP contribution in [0.3, 0.4) is 0 Å². The predicted octanol–water partition coefficient (Wildman–Crippen LogP) is 3.20. The highest BCUT2D eigenvalue weighted by Crippen LogP contribution is 2.23. The first-order chi connectivity index (χ1) is 14.9. The fourth-order valence-electron chi connectivity index (χ4n) is 3.31. The molecular weight excluding hydrogens is 394 g/mol. The van der Waals surface area contributed by atoms with E-state index in [0.29, 0.717) is 22.6 Å². The molecule has 0 unspecified atom stereocenters. The van der Waals surface area contributed by atoms with Crippen LogP contribution in [0.4, 0.5) is 5.95 Å². The van der Waals surface area contributed by atoms with Gasteiger partial charge in [0.05, 0.1) is 13.7 Å². The highest BCUT2D eigenvalue weighted by Gasteiger charge is 2.24. The third kappa shape index (κ3) is 3.79. The first-order valence-corrected chi connectivity index (χ1v) is 9.85. The number of fused-ring (bicyclic) bond motifs is 1. The number of amides is 1. The molecule has 0 aliphatic carbocycles. The molecule has 4 aromatic rings. The predicted molar refractivity (Wildman–Crippen MR) is 118 cm³/mol. The molecule has 158 valence electrons. The van der Waals surface area contributed by atoms with Gasteiger partial charge in [-0.3, -0.25) is 19.6 Å². The van der Waals surface area contributed by atoms with Gasteiger partial charge in [0, 0.05) is 22.4 Å². The lowest BCUT2D eigenvalue weighted by molar-refractivity contribution is 0.0983. The van der Waals surface area contributed by atoms with E-state index in [9.17, 15) is 9.59 Å².